The normalized spacial score (nSPS) is 16.3. The first-order valence-electron chi connectivity index (χ1n) is 32.2. The Bertz CT molecular complexity index is 2910. The number of ether oxygens (including phenoxy) is 8. The smallest absolute Gasteiger partial charge is 0.315 e. The van der Waals surface area contributed by atoms with Crippen molar-refractivity contribution in [3.8, 4) is 11.1 Å². The Hall–Kier alpha value is -5.93. The molecule has 0 saturated carbocycles. The SMILES string of the molecule is O=C(O)CCn1c2ccc(CNCCOCCOCCOCCOCCOCCOCCOCCOCCNC(=O)CCCCCNC(=O)CCCCCNC(=O)CCCC[C@@H]3SC[C@@H]4NC(=O)N[C@@H]43)cc2c2c3c(c4c(c21)Cc1ccccc1-4)CNC3=O. The average Bonchev–Trinajstić information content (AvgIpc) is 1.60. The fourth-order valence-electron chi connectivity index (χ4n) is 11.8. The number of benzene rings is 3. The molecule has 2 saturated heterocycles. The van der Waals surface area contributed by atoms with Crippen molar-refractivity contribution in [2.45, 2.75) is 127 Å². The highest BCUT2D eigenvalue weighted by Gasteiger charge is 2.42. The van der Waals surface area contributed by atoms with Gasteiger partial charge in [-0.25, -0.2) is 4.79 Å². The number of urea groups is 1. The van der Waals surface area contributed by atoms with Crippen LogP contribution < -0.4 is 37.2 Å². The second-order valence-electron chi connectivity index (χ2n) is 22.7. The second kappa shape index (κ2) is 38.7. The molecule has 4 heterocycles. The van der Waals surface area contributed by atoms with Gasteiger partial charge < -0.3 is 84.8 Å². The summed E-state index contributed by atoms with van der Waals surface area (Å²) in [5.41, 5.74) is 9.31. The quantitative estimate of drug-likeness (QED) is 0.0176. The van der Waals surface area contributed by atoms with E-state index in [1.54, 1.807) is 0 Å². The summed E-state index contributed by atoms with van der Waals surface area (Å²) in [5.74, 6) is 0.0953. The Kier molecular flexibility index (Phi) is 30.0. The number of carboxylic acids is 1. The highest BCUT2D eigenvalue weighted by Crippen LogP contribution is 2.49. The number of nitrogens with zero attached hydrogens (tertiary/aromatic N) is 1. The van der Waals surface area contributed by atoms with E-state index in [-0.39, 0.29) is 48.2 Å². The fourth-order valence-corrected chi connectivity index (χ4v) is 13.4. The van der Waals surface area contributed by atoms with Gasteiger partial charge in [-0.05, 0) is 84.0 Å². The van der Waals surface area contributed by atoms with Crippen molar-refractivity contribution >= 4 is 69.2 Å². The number of amides is 6. The molecule has 23 nitrogen and oxygen atoms in total. The number of fused-ring (bicyclic) bond motifs is 11. The Morgan fingerprint density at radius 2 is 1.13 bits per heavy atom. The van der Waals surface area contributed by atoms with Crippen molar-refractivity contribution in [2.75, 3.05) is 138 Å². The molecule has 89 heavy (non-hydrogen) atoms. The summed E-state index contributed by atoms with van der Waals surface area (Å²) in [5, 5.41) is 33.3. The number of aliphatic carboxylic acids is 1. The number of carbonyl (C=O) groups is 6. The van der Waals surface area contributed by atoms with Crippen LogP contribution in [-0.2, 0) is 83.1 Å². The summed E-state index contributed by atoms with van der Waals surface area (Å²) >= 11 is 1.90. The number of aryl methyl sites for hydroxylation is 1. The first-order valence-corrected chi connectivity index (χ1v) is 33.2. The molecule has 0 spiro atoms. The van der Waals surface area contributed by atoms with Gasteiger partial charge in [0.1, 0.15) is 0 Å². The van der Waals surface area contributed by atoms with Gasteiger partial charge in [0.15, 0.2) is 0 Å². The lowest BCUT2D eigenvalue weighted by atomic mass is 9.92. The van der Waals surface area contributed by atoms with Crippen LogP contribution in [0.15, 0.2) is 42.5 Å². The maximum absolute atomic E-state index is 13.5. The molecule has 6 amide bonds. The topological polar surface area (TPSA) is 286 Å². The summed E-state index contributed by atoms with van der Waals surface area (Å²) < 4.78 is 46.9. The van der Waals surface area contributed by atoms with Crippen molar-refractivity contribution < 1.29 is 71.8 Å². The average molecular weight is 1260 g/mol. The van der Waals surface area contributed by atoms with Gasteiger partial charge in [0.05, 0.1) is 135 Å². The lowest BCUT2D eigenvalue weighted by Gasteiger charge is -2.16. The molecular formula is C65H94N8O15S. The van der Waals surface area contributed by atoms with E-state index in [9.17, 15) is 33.9 Å². The van der Waals surface area contributed by atoms with E-state index >= 15 is 0 Å². The zero-order valence-corrected chi connectivity index (χ0v) is 52.5. The van der Waals surface area contributed by atoms with E-state index in [1.165, 1.54) is 5.56 Å². The molecule has 3 aliphatic heterocycles. The van der Waals surface area contributed by atoms with Crippen LogP contribution >= 0.6 is 11.8 Å². The Morgan fingerprint density at radius 3 is 1.73 bits per heavy atom. The third-order valence-electron chi connectivity index (χ3n) is 16.2. The molecule has 3 aromatic carbocycles. The van der Waals surface area contributed by atoms with Gasteiger partial charge in [0, 0.05) is 98.8 Å². The zero-order chi connectivity index (χ0) is 62.3. The van der Waals surface area contributed by atoms with Gasteiger partial charge in [0.2, 0.25) is 17.7 Å². The van der Waals surface area contributed by atoms with Gasteiger partial charge in [-0.3, -0.25) is 24.0 Å². The third-order valence-corrected chi connectivity index (χ3v) is 17.7. The zero-order valence-electron chi connectivity index (χ0n) is 51.7. The summed E-state index contributed by atoms with van der Waals surface area (Å²) in [6.07, 6.45) is 9.89. The molecule has 490 valence electrons. The standard InChI is InChI=1S/C65H94N8O15S/c74-55(14-3-1-9-21-68-56(75)16-8-7-13-54-62-52(45-89-54)71-65(80)72-62)67-20-10-2-4-15-57(76)69-23-26-82-28-30-84-32-34-86-36-38-88-40-39-87-37-35-85-33-31-83-29-27-81-25-22-66-43-46-17-18-53-49(41-46)60-61-51(44-70-64(61)79)59-48-12-6-5-11-47(48)42-50(59)63(60)73(53)24-19-58(77)78/h5-6,11-12,17-18,41,52,54,62,66H,1-4,7-10,13-16,19-40,42-45H2,(H,67,74)(H,68,75)(H,69,76)(H,70,79)(H,77,78)(H2,71,72,80)/t52-,54-,62-/m0/s1. The molecule has 0 bridgehead atoms. The molecule has 2 fully saturated rings. The number of unbranched alkanes of at least 4 members (excludes halogenated alkanes) is 5. The predicted molar refractivity (Wildman–Crippen MR) is 339 cm³/mol. The first-order chi connectivity index (χ1) is 43.7. The highest BCUT2D eigenvalue weighted by atomic mass is 32.2. The number of thioether (sulfide) groups is 1. The van der Waals surface area contributed by atoms with E-state index in [2.05, 4.69) is 72.1 Å². The monoisotopic (exact) mass is 1260 g/mol. The molecule has 4 aromatic rings. The van der Waals surface area contributed by atoms with Gasteiger partial charge in [-0.1, -0.05) is 49.6 Å². The van der Waals surface area contributed by atoms with Crippen LogP contribution in [-0.4, -0.2) is 200 Å². The Balaban J connectivity index is 0.513. The predicted octanol–water partition coefficient (Wildman–Crippen LogP) is 5.50. The number of rotatable bonds is 49. The van der Waals surface area contributed by atoms with Gasteiger partial charge in [-0.2, -0.15) is 11.8 Å². The number of carboxylic acid groups (broad SMARTS) is 1. The van der Waals surface area contributed by atoms with Gasteiger partial charge >= 0.3 is 12.0 Å². The highest BCUT2D eigenvalue weighted by molar-refractivity contribution is 8.00. The number of nitrogens with one attached hydrogen (secondary N) is 7. The molecule has 1 aliphatic carbocycles. The minimum Gasteiger partial charge on any atom is -0.481 e. The van der Waals surface area contributed by atoms with Crippen molar-refractivity contribution in [3.05, 3.63) is 70.3 Å². The van der Waals surface area contributed by atoms with Crippen LogP contribution in [0.4, 0.5) is 4.79 Å². The molecule has 1 aromatic heterocycles. The largest absolute Gasteiger partial charge is 0.481 e. The van der Waals surface area contributed by atoms with Crippen LogP contribution in [0.25, 0.3) is 32.9 Å². The summed E-state index contributed by atoms with van der Waals surface area (Å²) in [4.78, 5) is 73.4. The van der Waals surface area contributed by atoms with E-state index in [0.717, 1.165) is 120 Å². The minimum absolute atomic E-state index is 0.0118. The molecule has 3 atom stereocenters. The molecule has 8 rings (SSSR count). The van der Waals surface area contributed by atoms with Gasteiger partial charge in [0.25, 0.3) is 5.91 Å². The first kappa shape index (κ1) is 69.0. The van der Waals surface area contributed by atoms with E-state index < -0.39 is 5.97 Å². The van der Waals surface area contributed by atoms with Crippen molar-refractivity contribution in [3.63, 3.8) is 0 Å². The number of hydrogen-bond acceptors (Lipinski definition) is 16. The number of carbonyl (C=O) groups excluding carboxylic acids is 5. The summed E-state index contributed by atoms with van der Waals surface area (Å²) in [7, 11) is 0. The molecule has 8 N–H and O–H groups in total. The van der Waals surface area contributed by atoms with E-state index in [4.69, 9.17) is 37.9 Å². The molecule has 24 heteroatoms. The van der Waals surface area contributed by atoms with Crippen LogP contribution in [0, 0.1) is 0 Å². The molecule has 0 unspecified atom stereocenters. The van der Waals surface area contributed by atoms with Gasteiger partial charge in [-0.15, -0.1) is 0 Å². The molecule has 4 aliphatic rings. The van der Waals surface area contributed by atoms with E-state index in [0.29, 0.717) is 182 Å². The van der Waals surface area contributed by atoms with Crippen molar-refractivity contribution in [1.82, 2.24) is 41.8 Å². The Labute approximate surface area is 526 Å². The lowest BCUT2D eigenvalue weighted by Crippen LogP contribution is -2.36. The Morgan fingerprint density at radius 1 is 0.584 bits per heavy atom. The third kappa shape index (κ3) is 22.2. The number of aromatic nitrogens is 1. The maximum Gasteiger partial charge on any atom is 0.315 e. The summed E-state index contributed by atoms with van der Waals surface area (Å²) in [6.45, 7) is 10.9. The minimum atomic E-state index is -0.863. The van der Waals surface area contributed by atoms with Crippen LogP contribution in [0.1, 0.15) is 116 Å². The maximum atomic E-state index is 13.5. The van der Waals surface area contributed by atoms with Crippen LogP contribution in [0.5, 0.6) is 0 Å². The summed E-state index contributed by atoms with van der Waals surface area (Å²) in [6, 6.07) is 15.0. The number of hydrogen-bond donors (Lipinski definition) is 8. The lowest BCUT2D eigenvalue weighted by molar-refractivity contribution is -0.137. The van der Waals surface area contributed by atoms with Crippen molar-refractivity contribution in [2.24, 2.45) is 0 Å². The van der Waals surface area contributed by atoms with Crippen LogP contribution in [0.3, 0.4) is 0 Å². The molecule has 0 radical (unpaired) electrons. The van der Waals surface area contributed by atoms with E-state index in [1.807, 2.05) is 23.9 Å². The van der Waals surface area contributed by atoms with Crippen molar-refractivity contribution in [1.29, 1.82) is 0 Å². The second-order valence-corrected chi connectivity index (χ2v) is 24.0. The molecular weight excluding hydrogens is 1160 g/mol. The van der Waals surface area contributed by atoms with Crippen LogP contribution in [0.2, 0.25) is 0 Å². The fraction of sp³-hybridized carbons (Fsp3) is 0.631.